The van der Waals surface area contributed by atoms with E-state index in [1.807, 2.05) is 0 Å². The van der Waals surface area contributed by atoms with E-state index in [9.17, 15) is 8.78 Å². The summed E-state index contributed by atoms with van der Waals surface area (Å²) in [5.74, 6) is 0. The van der Waals surface area contributed by atoms with E-state index in [4.69, 9.17) is 10.8 Å². The van der Waals surface area contributed by atoms with Gasteiger partial charge in [0.25, 0.3) is 6.43 Å². The first-order valence-corrected chi connectivity index (χ1v) is 3.76. The average molecular weight is 188 g/mol. The molecule has 5 heteroatoms. The molecular weight excluding hydrogens is 178 g/mol. The Kier molecular flexibility index (Phi) is 3.27. The Bertz CT molecular complexity index is 291. The number of hydrogen-bond donors (Lipinski definition) is 2. The van der Waals surface area contributed by atoms with Crippen molar-refractivity contribution >= 4 is 0 Å². The van der Waals surface area contributed by atoms with Crippen LogP contribution < -0.4 is 5.73 Å². The number of pyridine rings is 1. The predicted octanol–water partition coefficient (Wildman–Crippen LogP) is 0.970. The van der Waals surface area contributed by atoms with Crippen molar-refractivity contribution in [2.45, 2.75) is 19.6 Å². The lowest BCUT2D eigenvalue weighted by atomic mass is 10.2. The maximum Gasteiger partial charge on any atom is 0.280 e. The van der Waals surface area contributed by atoms with Crippen molar-refractivity contribution in [2.75, 3.05) is 0 Å². The van der Waals surface area contributed by atoms with E-state index >= 15 is 0 Å². The van der Waals surface area contributed by atoms with Gasteiger partial charge in [0.1, 0.15) is 5.69 Å². The molecule has 0 spiro atoms. The fourth-order valence-electron chi connectivity index (χ4n) is 0.982. The van der Waals surface area contributed by atoms with E-state index in [-0.39, 0.29) is 17.8 Å². The van der Waals surface area contributed by atoms with Crippen LogP contribution in [0.2, 0.25) is 0 Å². The number of aromatic nitrogens is 1. The molecule has 0 unspecified atom stereocenters. The molecule has 1 aromatic rings. The van der Waals surface area contributed by atoms with Crippen molar-refractivity contribution < 1.29 is 13.9 Å². The van der Waals surface area contributed by atoms with Gasteiger partial charge in [-0.15, -0.1) is 0 Å². The molecule has 0 bridgehead atoms. The number of nitrogens with two attached hydrogens (primary N) is 1. The lowest BCUT2D eigenvalue weighted by Crippen LogP contribution is -2.05. The van der Waals surface area contributed by atoms with E-state index in [0.717, 1.165) is 0 Å². The van der Waals surface area contributed by atoms with Crippen molar-refractivity contribution in [1.82, 2.24) is 4.98 Å². The first-order chi connectivity index (χ1) is 6.19. The second kappa shape index (κ2) is 4.25. The summed E-state index contributed by atoms with van der Waals surface area (Å²) in [6.07, 6.45) is -2.67. The quantitative estimate of drug-likeness (QED) is 0.743. The smallest absolute Gasteiger partial charge is 0.280 e. The summed E-state index contributed by atoms with van der Waals surface area (Å²) in [5.41, 5.74) is 5.40. The molecule has 0 saturated carbocycles. The lowest BCUT2D eigenvalue weighted by molar-refractivity contribution is 0.141. The van der Waals surface area contributed by atoms with Crippen molar-refractivity contribution in [3.63, 3.8) is 0 Å². The van der Waals surface area contributed by atoms with Crippen molar-refractivity contribution in [3.8, 4) is 0 Å². The summed E-state index contributed by atoms with van der Waals surface area (Å²) >= 11 is 0. The molecule has 13 heavy (non-hydrogen) atoms. The van der Waals surface area contributed by atoms with Crippen LogP contribution in [-0.4, -0.2) is 10.1 Å². The van der Waals surface area contributed by atoms with Crippen molar-refractivity contribution in [3.05, 3.63) is 29.1 Å². The van der Waals surface area contributed by atoms with Gasteiger partial charge in [0.2, 0.25) is 0 Å². The summed E-state index contributed by atoms with van der Waals surface area (Å²) in [4.78, 5) is 3.63. The van der Waals surface area contributed by atoms with Gasteiger partial charge < -0.3 is 10.8 Å². The Balaban J connectivity index is 3.10. The Labute approximate surface area is 74.2 Å². The Hall–Kier alpha value is -1.07. The van der Waals surface area contributed by atoms with E-state index in [0.29, 0.717) is 5.69 Å². The first-order valence-electron chi connectivity index (χ1n) is 3.76. The molecule has 72 valence electrons. The zero-order chi connectivity index (χ0) is 9.84. The third-order valence-electron chi connectivity index (χ3n) is 1.66. The Morgan fingerprint density at radius 1 is 1.46 bits per heavy atom. The fourth-order valence-corrected chi connectivity index (χ4v) is 0.982. The topological polar surface area (TPSA) is 59.1 Å². The minimum atomic E-state index is -2.67. The summed E-state index contributed by atoms with van der Waals surface area (Å²) < 4.78 is 24.6. The second-order valence-corrected chi connectivity index (χ2v) is 2.51. The average Bonchev–Trinajstić information content (AvgIpc) is 2.16. The molecule has 3 nitrogen and oxygen atoms in total. The van der Waals surface area contributed by atoms with Gasteiger partial charge in [-0.25, -0.2) is 8.78 Å². The maximum atomic E-state index is 12.3. The number of alkyl halides is 2. The van der Waals surface area contributed by atoms with Crippen molar-refractivity contribution in [2.24, 2.45) is 5.73 Å². The monoisotopic (exact) mass is 188 g/mol. The van der Waals surface area contributed by atoms with Gasteiger partial charge in [-0.1, -0.05) is 6.07 Å². The van der Waals surface area contributed by atoms with Crippen LogP contribution in [0.25, 0.3) is 0 Å². The predicted molar refractivity (Wildman–Crippen MR) is 43.0 cm³/mol. The van der Waals surface area contributed by atoms with Crippen LogP contribution in [0.5, 0.6) is 0 Å². The lowest BCUT2D eigenvalue weighted by Gasteiger charge is -2.06. The highest BCUT2D eigenvalue weighted by Crippen LogP contribution is 2.21. The van der Waals surface area contributed by atoms with Crippen molar-refractivity contribution in [1.29, 1.82) is 0 Å². The standard InChI is InChI=1S/C8H10F2N2O/c9-8(10)7-5(4-13)1-2-6(3-11)12-7/h1-2,8,13H,3-4,11H2. The SMILES string of the molecule is NCc1ccc(CO)c(C(F)F)n1. The molecule has 0 amide bonds. The second-order valence-electron chi connectivity index (χ2n) is 2.51. The van der Waals surface area contributed by atoms with Crippen LogP contribution in [0.15, 0.2) is 12.1 Å². The zero-order valence-corrected chi connectivity index (χ0v) is 6.87. The molecule has 0 aliphatic heterocycles. The number of nitrogens with zero attached hydrogens (tertiary/aromatic N) is 1. The van der Waals surface area contributed by atoms with Gasteiger partial charge in [-0.05, 0) is 6.07 Å². The molecule has 0 aliphatic carbocycles. The third-order valence-corrected chi connectivity index (χ3v) is 1.66. The van der Waals surface area contributed by atoms with Gasteiger partial charge in [0.15, 0.2) is 0 Å². The molecule has 0 atom stereocenters. The fraction of sp³-hybridized carbons (Fsp3) is 0.375. The normalized spacial score (nSPS) is 10.8. The first kappa shape index (κ1) is 10.0. The molecule has 0 aliphatic rings. The number of aliphatic hydroxyl groups is 1. The van der Waals surface area contributed by atoms with Crippen LogP contribution in [0.4, 0.5) is 8.78 Å². The summed E-state index contributed by atoms with van der Waals surface area (Å²) in [7, 11) is 0. The molecule has 1 heterocycles. The zero-order valence-electron chi connectivity index (χ0n) is 6.87. The van der Waals surface area contributed by atoms with Gasteiger partial charge in [-0.3, -0.25) is 4.98 Å². The van der Waals surface area contributed by atoms with E-state index < -0.39 is 13.0 Å². The van der Waals surface area contributed by atoms with Crippen LogP contribution in [0.1, 0.15) is 23.4 Å². The highest BCUT2D eigenvalue weighted by Gasteiger charge is 2.14. The minimum absolute atomic E-state index is 0.116. The Morgan fingerprint density at radius 2 is 2.15 bits per heavy atom. The van der Waals surface area contributed by atoms with Crippen LogP contribution in [-0.2, 0) is 13.2 Å². The van der Waals surface area contributed by atoms with Gasteiger partial charge in [0.05, 0.1) is 12.3 Å². The largest absolute Gasteiger partial charge is 0.392 e. The van der Waals surface area contributed by atoms with Crippen LogP contribution in [0, 0.1) is 0 Å². The third kappa shape index (κ3) is 2.19. The highest BCUT2D eigenvalue weighted by atomic mass is 19.3. The number of aliphatic hydroxyl groups excluding tert-OH is 1. The molecule has 0 fully saturated rings. The molecule has 0 radical (unpaired) electrons. The number of rotatable bonds is 3. The maximum absolute atomic E-state index is 12.3. The Morgan fingerprint density at radius 3 is 2.62 bits per heavy atom. The number of hydrogen-bond acceptors (Lipinski definition) is 3. The molecule has 0 aromatic carbocycles. The van der Waals surface area contributed by atoms with Crippen LogP contribution in [0.3, 0.4) is 0 Å². The number of halogens is 2. The van der Waals surface area contributed by atoms with Gasteiger partial charge in [-0.2, -0.15) is 0 Å². The molecular formula is C8H10F2N2O. The van der Waals surface area contributed by atoms with Gasteiger partial charge in [0, 0.05) is 12.1 Å². The van der Waals surface area contributed by atoms with E-state index in [1.165, 1.54) is 12.1 Å². The van der Waals surface area contributed by atoms with E-state index in [2.05, 4.69) is 4.98 Å². The summed E-state index contributed by atoms with van der Waals surface area (Å²) in [6.45, 7) is -0.317. The highest BCUT2D eigenvalue weighted by molar-refractivity contribution is 5.23. The minimum Gasteiger partial charge on any atom is -0.392 e. The summed E-state index contributed by atoms with van der Waals surface area (Å²) in [5, 5.41) is 8.73. The molecule has 1 rings (SSSR count). The van der Waals surface area contributed by atoms with Crippen LogP contribution >= 0.6 is 0 Å². The summed E-state index contributed by atoms with van der Waals surface area (Å²) in [6, 6.07) is 2.94. The van der Waals surface area contributed by atoms with E-state index in [1.54, 1.807) is 0 Å². The molecule has 1 aromatic heterocycles. The van der Waals surface area contributed by atoms with Gasteiger partial charge >= 0.3 is 0 Å². The molecule has 0 saturated heterocycles. The molecule has 3 N–H and O–H groups in total.